The Morgan fingerprint density at radius 3 is 2.76 bits per heavy atom. The standard InChI is InChI=1S/C14H15NO6/c1-4-20-13(16)11-8-9-7-10(15(17)18)5-6-12(9)21-14(11,2)19-3/h5-8H,4H2,1-3H3. The van der Waals surface area contributed by atoms with E-state index in [0.29, 0.717) is 11.3 Å². The first kappa shape index (κ1) is 15.0. The third-order valence-electron chi connectivity index (χ3n) is 3.18. The maximum atomic E-state index is 12.0. The highest BCUT2D eigenvalue weighted by Gasteiger charge is 2.40. The van der Waals surface area contributed by atoms with E-state index in [1.165, 1.54) is 31.4 Å². The largest absolute Gasteiger partial charge is 0.462 e. The van der Waals surface area contributed by atoms with Gasteiger partial charge in [-0.15, -0.1) is 0 Å². The molecule has 7 nitrogen and oxygen atoms in total. The summed E-state index contributed by atoms with van der Waals surface area (Å²) in [6.07, 6.45) is 1.49. The van der Waals surface area contributed by atoms with Gasteiger partial charge in [-0.2, -0.15) is 0 Å². The Balaban J connectivity index is 2.52. The molecule has 1 aromatic rings. The molecule has 0 N–H and O–H groups in total. The fourth-order valence-electron chi connectivity index (χ4n) is 2.01. The Bertz CT molecular complexity index is 624. The predicted molar refractivity (Wildman–Crippen MR) is 73.7 cm³/mol. The normalized spacial score (nSPS) is 20.0. The molecule has 7 heteroatoms. The van der Waals surface area contributed by atoms with Gasteiger partial charge in [-0.3, -0.25) is 10.1 Å². The van der Waals surface area contributed by atoms with E-state index in [-0.39, 0.29) is 17.9 Å². The van der Waals surface area contributed by atoms with Crippen molar-refractivity contribution in [2.45, 2.75) is 19.6 Å². The number of non-ortho nitro benzene ring substituents is 1. The highest BCUT2D eigenvalue weighted by molar-refractivity contribution is 5.97. The lowest BCUT2D eigenvalue weighted by molar-refractivity contribution is -0.384. The summed E-state index contributed by atoms with van der Waals surface area (Å²) in [5, 5.41) is 10.8. The molecule has 0 amide bonds. The van der Waals surface area contributed by atoms with Crippen LogP contribution in [-0.4, -0.2) is 30.4 Å². The summed E-state index contributed by atoms with van der Waals surface area (Å²) in [6, 6.07) is 4.14. The number of carbonyl (C=O) groups is 1. The number of esters is 1. The summed E-state index contributed by atoms with van der Waals surface area (Å²) < 4.78 is 15.9. The van der Waals surface area contributed by atoms with Crippen LogP contribution >= 0.6 is 0 Å². The number of methoxy groups -OCH3 is 1. The van der Waals surface area contributed by atoms with Gasteiger partial charge in [0.1, 0.15) is 11.3 Å². The van der Waals surface area contributed by atoms with Gasteiger partial charge in [0.15, 0.2) is 0 Å². The Kier molecular flexibility index (Phi) is 3.95. The minimum absolute atomic E-state index is 0.0853. The van der Waals surface area contributed by atoms with Gasteiger partial charge < -0.3 is 14.2 Å². The summed E-state index contributed by atoms with van der Waals surface area (Å²) in [6.45, 7) is 3.48. The Morgan fingerprint density at radius 1 is 1.48 bits per heavy atom. The lowest BCUT2D eigenvalue weighted by Crippen LogP contribution is -2.42. The number of ether oxygens (including phenoxy) is 3. The predicted octanol–water partition coefficient (Wildman–Crippen LogP) is 2.30. The molecule has 0 spiro atoms. The fourth-order valence-corrected chi connectivity index (χ4v) is 2.01. The van der Waals surface area contributed by atoms with Crippen molar-refractivity contribution in [3.05, 3.63) is 39.4 Å². The number of nitro groups is 1. The summed E-state index contributed by atoms with van der Waals surface area (Å²) >= 11 is 0. The van der Waals surface area contributed by atoms with Crippen LogP contribution in [0.1, 0.15) is 19.4 Å². The van der Waals surface area contributed by atoms with Crippen molar-refractivity contribution in [2.75, 3.05) is 13.7 Å². The number of carbonyl (C=O) groups excluding carboxylic acids is 1. The van der Waals surface area contributed by atoms with Crippen LogP contribution in [0.15, 0.2) is 23.8 Å². The maximum Gasteiger partial charge on any atom is 0.340 e. The molecule has 0 radical (unpaired) electrons. The smallest absolute Gasteiger partial charge is 0.340 e. The number of hydrogen-bond acceptors (Lipinski definition) is 6. The quantitative estimate of drug-likeness (QED) is 0.481. The highest BCUT2D eigenvalue weighted by Crippen LogP contribution is 2.38. The Labute approximate surface area is 121 Å². The van der Waals surface area contributed by atoms with E-state index in [9.17, 15) is 14.9 Å². The number of nitro benzene ring substituents is 1. The van der Waals surface area contributed by atoms with E-state index in [1.807, 2.05) is 0 Å². The van der Waals surface area contributed by atoms with Crippen LogP contribution in [-0.2, 0) is 14.3 Å². The topological polar surface area (TPSA) is 87.9 Å². The van der Waals surface area contributed by atoms with Crippen LogP contribution in [0.2, 0.25) is 0 Å². The van der Waals surface area contributed by atoms with Gasteiger partial charge in [0.25, 0.3) is 5.69 Å². The molecule has 0 saturated carbocycles. The SMILES string of the molecule is CCOC(=O)C1=Cc2cc([N+](=O)[O-])ccc2OC1(C)OC. The van der Waals surface area contributed by atoms with Crippen LogP contribution in [0.25, 0.3) is 6.08 Å². The maximum absolute atomic E-state index is 12.0. The monoisotopic (exact) mass is 293 g/mol. The minimum atomic E-state index is -1.30. The summed E-state index contributed by atoms with van der Waals surface area (Å²) in [4.78, 5) is 22.3. The lowest BCUT2D eigenvalue weighted by atomic mass is 9.99. The average Bonchev–Trinajstić information content (AvgIpc) is 2.46. The van der Waals surface area contributed by atoms with Gasteiger partial charge in [0.2, 0.25) is 5.79 Å². The molecule has 0 fully saturated rings. The molecular formula is C14H15NO6. The van der Waals surface area contributed by atoms with Crippen LogP contribution in [0, 0.1) is 10.1 Å². The van der Waals surface area contributed by atoms with E-state index < -0.39 is 16.7 Å². The molecule has 21 heavy (non-hydrogen) atoms. The van der Waals surface area contributed by atoms with Crippen molar-refractivity contribution in [3.63, 3.8) is 0 Å². The van der Waals surface area contributed by atoms with Crippen molar-refractivity contribution in [1.29, 1.82) is 0 Å². The van der Waals surface area contributed by atoms with Crippen LogP contribution in [0.3, 0.4) is 0 Å². The van der Waals surface area contributed by atoms with Crippen LogP contribution in [0.5, 0.6) is 5.75 Å². The lowest BCUT2D eigenvalue weighted by Gasteiger charge is -2.34. The van der Waals surface area contributed by atoms with Crippen molar-refractivity contribution in [1.82, 2.24) is 0 Å². The first-order chi connectivity index (χ1) is 9.91. The number of nitrogens with zero attached hydrogens (tertiary/aromatic N) is 1. The summed E-state index contributed by atoms with van der Waals surface area (Å²) in [5.74, 6) is -1.48. The molecule has 112 valence electrons. The molecule has 2 rings (SSSR count). The zero-order valence-electron chi connectivity index (χ0n) is 11.9. The Morgan fingerprint density at radius 2 is 2.19 bits per heavy atom. The molecule has 1 aliphatic rings. The molecule has 0 aliphatic carbocycles. The van der Waals surface area contributed by atoms with E-state index in [2.05, 4.69) is 0 Å². The van der Waals surface area contributed by atoms with Crippen LogP contribution in [0.4, 0.5) is 5.69 Å². The number of rotatable bonds is 4. The third-order valence-corrected chi connectivity index (χ3v) is 3.18. The molecule has 1 heterocycles. The second-order valence-corrected chi connectivity index (χ2v) is 4.51. The van der Waals surface area contributed by atoms with Gasteiger partial charge in [-0.05, 0) is 19.1 Å². The van der Waals surface area contributed by atoms with Gasteiger partial charge in [-0.25, -0.2) is 4.79 Å². The first-order valence-corrected chi connectivity index (χ1v) is 6.33. The van der Waals surface area contributed by atoms with E-state index >= 15 is 0 Å². The fraction of sp³-hybridized carbons (Fsp3) is 0.357. The minimum Gasteiger partial charge on any atom is -0.462 e. The van der Waals surface area contributed by atoms with E-state index in [0.717, 1.165) is 0 Å². The molecule has 1 aliphatic heterocycles. The van der Waals surface area contributed by atoms with Crippen molar-refractivity contribution < 1.29 is 23.9 Å². The first-order valence-electron chi connectivity index (χ1n) is 6.33. The number of fused-ring (bicyclic) bond motifs is 1. The molecule has 0 bridgehead atoms. The third kappa shape index (κ3) is 2.73. The van der Waals surface area contributed by atoms with Crippen molar-refractivity contribution >= 4 is 17.7 Å². The van der Waals surface area contributed by atoms with Gasteiger partial charge >= 0.3 is 5.97 Å². The van der Waals surface area contributed by atoms with E-state index in [4.69, 9.17) is 14.2 Å². The zero-order chi connectivity index (χ0) is 15.6. The van der Waals surface area contributed by atoms with E-state index in [1.54, 1.807) is 13.8 Å². The molecule has 1 unspecified atom stereocenters. The van der Waals surface area contributed by atoms with Crippen LogP contribution < -0.4 is 4.74 Å². The highest BCUT2D eigenvalue weighted by atomic mass is 16.7. The van der Waals surface area contributed by atoms with Crippen molar-refractivity contribution in [2.24, 2.45) is 0 Å². The van der Waals surface area contributed by atoms with Gasteiger partial charge in [-0.1, -0.05) is 0 Å². The Hall–Kier alpha value is -2.41. The second-order valence-electron chi connectivity index (χ2n) is 4.51. The number of hydrogen-bond donors (Lipinski definition) is 0. The average molecular weight is 293 g/mol. The summed E-state index contributed by atoms with van der Waals surface area (Å²) in [7, 11) is 1.41. The molecule has 0 aromatic heterocycles. The summed E-state index contributed by atoms with van der Waals surface area (Å²) in [5.41, 5.74) is 0.499. The zero-order valence-corrected chi connectivity index (χ0v) is 11.9. The molecule has 1 atom stereocenters. The van der Waals surface area contributed by atoms with Gasteiger partial charge in [0.05, 0.1) is 11.5 Å². The van der Waals surface area contributed by atoms with Gasteiger partial charge in [0, 0.05) is 31.7 Å². The number of benzene rings is 1. The molecule has 0 saturated heterocycles. The second kappa shape index (κ2) is 5.53. The molecular weight excluding hydrogens is 278 g/mol. The molecule has 1 aromatic carbocycles. The van der Waals surface area contributed by atoms with Crippen molar-refractivity contribution in [3.8, 4) is 5.75 Å².